The first kappa shape index (κ1) is 19.0. The zero-order valence-electron chi connectivity index (χ0n) is 15.0. The Morgan fingerprint density at radius 3 is 2.81 bits per heavy atom. The maximum atomic E-state index is 12.7. The minimum Gasteiger partial charge on any atom is -0.493 e. The molecule has 2 aliphatic rings. The van der Waals surface area contributed by atoms with Gasteiger partial charge in [-0.05, 0) is 43.7 Å². The van der Waals surface area contributed by atoms with Gasteiger partial charge >= 0.3 is 0 Å². The first-order valence-electron chi connectivity index (χ1n) is 9.45. The SMILES string of the molecule is Cl.O=C(CCCOc1cccc2ccccc12)N1C2CCNCC1CC2. The summed E-state index contributed by atoms with van der Waals surface area (Å²) in [4.78, 5) is 14.8. The van der Waals surface area contributed by atoms with Crippen molar-refractivity contribution in [1.82, 2.24) is 10.2 Å². The van der Waals surface area contributed by atoms with E-state index < -0.39 is 0 Å². The average molecular weight is 375 g/mol. The van der Waals surface area contributed by atoms with Crippen molar-refractivity contribution in [3.63, 3.8) is 0 Å². The Balaban J connectivity index is 0.00000196. The number of rotatable bonds is 5. The number of amides is 1. The molecule has 1 amide bonds. The summed E-state index contributed by atoms with van der Waals surface area (Å²) in [6, 6.07) is 15.2. The lowest BCUT2D eigenvalue weighted by molar-refractivity contribution is -0.134. The summed E-state index contributed by atoms with van der Waals surface area (Å²) < 4.78 is 5.97. The van der Waals surface area contributed by atoms with E-state index in [1.54, 1.807) is 0 Å². The third-order valence-electron chi connectivity index (χ3n) is 5.48. The Kier molecular flexibility index (Phi) is 6.38. The summed E-state index contributed by atoms with van der Waals surface area (Å²) >= 11 is 0. The van der Waals surface area contributed by atoms with Crippen LogP contribution in [0.25, 0.3) is 10.8 Å². The number of nitrogens with zero attached hydrogens (tertiary/aromatic N) is 1. The van der Waals surface area contributed by atoms with Gasteiger partial charge in [-0.1, -0.05) is 36.4 Å². The van der Waals surface area contributed by atoms with Gasteiger partial charge in [0, 0.05) is 30.4 Å². The fourth-order valence-corrected chi connectivity index (χ4v) is 4.25. The van der Waals surface area contributed by atoms with E-state index in [4.69, 9.17) is 4.74 Å². The van der Waals surface area contributed by atoms with Gasteiger partial charge in [0.15, 0.2) is 0 Å². The Labute approximate surface area is 161 Å². The first-order valence-corrected chi connectivity index (χ1v) is 9.45. The van der Waals surface area contributed by atoms with Crippen molar-refractivity contribution < 1.29 is 9.53 Å². The van der Waals surface area contributed by atoms with Gasteiger partial charge in [0.05, 0.1) is 6.61 Å². The maximum absolute atomic E-state index is 12.7. The highest BCUT2D eigenvalue weighted by molar-refractivity contribution is 5.88. The van der Waals surface area contributed by atoms with Crippen molar-refractivity contribution in [2.75, 3.05) is 19.7 Å². The molecular weight excluding hydrogens is 348 g/mol. The molecule has 0 radical (unpaired) electrons. The minimum absolute atomic E-state index is 0. The second-order valence-electron chi connectivity index (χ2n) is 7.11. The average Bonchev–Trinajstić information content (AvgIpc) is 2.91. The van der Waals surface area contributed by atoms with Crippen LogP contribution in [0.3, 0.4) is 0 Å². The van der Waals surface area contributed by atoms with Gasteiger partial charge < -0.3 is 15.0 Å². The van der Waals surface area contributed by atoms with Crippen LogP contribution in [0, 0.1) is 0 Å². The number of carbonyl (C=O) groups is 1. The fourth-order valence-electron chi connectivity index (χ4n) is 4.25. The molecule has 2 aromatic rings. The van der Waals surface area contributed by atoms with Crippen LogP contribution in [-0.2, 0) is 4.79 Å². The zero-order chi connectivity index (χ0) is 17.1. The van der Waals surface area contributed by atoms with E-state index in [0.717, 1.165) is 43.5 Å². The van der Waals surface area contributed by atoms with Crippen molar-refractivity contribution in [3.8, 4) is 5.75 Å². The molecule has 0 aliphatic carbocycles. The quantitative estimate of drug-likeness (QED) is 0.810. The lowest BCUT2D eigenvalue weighted by atomic mass is 10.1. The van der Waals surface area contributed by atoms with Crippen LogP contribution in [-0.4, -0.2) is 42.6 Å². The van der Waals surface area contributed by atoms with Crippen LogP contribution in [0.1, 0.15) is 32.1 Å². The molecule has 140 valence electrons. The lowest BCUT2D eigenvalue weighted by Gasteiger charge is -2.28. The standard InChI is InChI=1S/C21H26N2O2.ClH/c24-21(23-17-10-11-18(23)15-22-13-12-17)9-4-14-25-20-8-3-6-16-5-1-2-7-19(16)20;/h1-3,5-8,17-18,22H,4,9-15H2;1H. The van der Waals surface area contributed by atoms with Gasteiger partial charge in [-0.3, -0.25) is 4.79 Å². The van der Waals surface area contributed by atoms with Crippen LogP contribution in [0.15, 0.2) is 42.5 Å². The number of hydrogen-bond donors (Lipinski definition) is 1. The first-order chi connectivity index (χ1) is 12.3. The number of halogens is 1. The molecular formula is C21H27ClN2O2. The van der Waals surface area contributed by atoms with Crippen LogP contribution >= 0.6 is 12.4 Å². The molecule has 2 heterocycles. The molecule has 2 aromatic carbocycles. The Morgan fingerprint density at radius 1 is 1.08 bits per heavy atom. The summed E-state index contributed by atoms with van der Waals surface area (Å²) in [5.41, 5.74) is 0. The monoisotopic (exact) mass is 374 g/mol. The van der Waals surface area contributed by atoms with Crippen molar-refractivity contribution in [3.05, 3.63) is 42.5 Å². The topological polar surface area (TPSA) is 41.6 Å². The third-order valence-corrected chi connectivity index (χ3v) is 5.48. The number of ether oxygens (including phenoxy) is 1. The Bertz CT molecular complexity index is 732. The molecule has 4 rings (SSSR count). The number of benzene rings is 2. The largest absolute Gasteiger partial charge is 0.493 e. The van der Waals surface area contributed by atoms with E-state index in [1.807, 2.05) is 24.3 Å². The van der Waals surface area contributed by atoms with Crippen LogP contribution in [0.2, 0.25) is 0 Å². The van der Waals surface area contributed by atoms with Crippen molar-refractivity contribution in [1.29, 1.82) is 0 Å². The van der Waals surface area contributed by atoms with Crippen molar-refractivity contribution in [2.45, 2.75) is 44.2 Å². The van der Waals surface area contributed by atoms with E-state index >= 15 is 0 Å². The molecule has 2 fully saturated rings. The third kappa shape index (κ3) is 3.97. The maximum Gasteiger partial charge on any atom is 0.223 e. The zero-order valence-corrected chi connectivity index (χ0v) is 15.8. The highest BCUT2D eigenvalue weighted by atomic mass is 35.5. The van der Waals surface area contributed by atoms with Gasteiger partial charge in [0.1, 0.15) is 5.75 Å². The summed E-state index contributed by atoms with van der Waals surface area (Å²) in [6.45, 7) is 2.57. The molecule has 2 aliphatic heterocycles. The van der Waals surface area contributed by atoms with Gasteiger partial charge in [-0.25, -0.2) is 0 Å². The van der Waals surface area contributed by atoms with E-state index in [0.29, 0.717) is 31.0 Å². The highest BCUT2D eigenvalue weighted by Crippen LogP contribution is 2.29. The van der Waals surface area contributed by atoms with Crippen molar-refractivity contribution in [2.24, 2.45) is 0 Å². The van der Waals surface area contributed by atoms with E-state index in [-0.39, 0.29) is 12.4 Å². The second kappa shape index (κ2) is 8.74. The van der Waals surface area contributed by atoms with Crippen molar-refractivity contribution >= 4 is 29.1 Å². The molecule has 26 heavy (non-hydrogen) atoms. The molecule has 2 saturated heterocycles. The number of carbonyl (C=O) groups excluding carboxylic acids is 1. The molecule has 0 spiro atoms. The minimum atomic E-state index is 0. The molecule has 4 nitrogen and oxygen atoms in total. The molecule has 2 unspecified atom stereocenters. The smallest absolute Gasteiger partial charge is 0.223 e. The van der Waals surface area contributed by atoms with Crippen LogP contribution in [0.5, 0.6) is 5.75 Å². The van der Waals surface area contributed by atoms with E-state index in [1.165, 1.54) is 11.8 Å². The fraction of sp³-hybridized carbons (Fsp3) is 0.476. The highest BCUT2D eigenvalue weighted by Gasteiger charge is 2.37. The predicted octanol–water partition coefficient (Wildman–Crippen LogP) is 3.77. The summed E-state index contributed by atoms with van der Waals surface area (Å²) in [5, 5.41) is 5.77. The van der Waals surface area contributed by atoms with Crippen LogP contribution < -0.4 is 10.1 Å². The second-order valence-corrected chi connectivity index (χ2v) is 7.11. The van der Waals surface area contributed by atoms with Crippen LogP contribution in [0.4, 0.5) is 0 Å². The van der Waals surface area contributed by atoms with Gasteiger partial charge in [0.25, 0.3) is 0 Å². The van der Waals surface area contributed by atoms with E-state index in [9.17, 15) is 4.79 Å². The predicted molar refractivity (Wildman–Crippen MR) is 107 cm³/mol. The molecule has 2 bridgehead atoms. The Morgan fingerprint density at radius 2 is 1.88 bits per heavy atom. The Hall–Kier alpha value is -1.78. The van der Waals surface area contributed by atoms with E-state index in [2.05, 4.69) is 28.4 Å². The molecule has 0 saturated carbocycles. The number of fused-ring (bicyclic) bond motifs is 3. The normalized spacial score (nSPS) is 21.9. The summed E-state index contributed by atoms with van der Waals surface area (Å²) in [7, 11) is 0. The van der Waals surface area contributed by atoms with Gasteiger partial charge in [-0.15, -0.1) is 12.4 Å². The number of nitrogens with one attached hydrogen (secondary N) is 1. The van der Waals surface area contributed by atoms with Gasteiger partial charge in [-0.2, -0.15) is 0 Å². The number of hydrogen-bond acceptors (Lipinski definition) is 3. The van der Waals surface area contributed by atoms with Gasteiger partial charge in [0.2, 0.25) is 5.91 Å². The summed E-state index contributed by atoms with van der Waals surface area (Å²) in [5.74, 6) is 1.21. The summed E-state index contributed by atoms with van der Waals surface area (Å²) in [6.07, 6.45) is 4.76. The molecule has 0 aromatic heterocycles. The molecule has 1 N–H and O–H groups in total. The lowest BCUT2D eigenvalue weighted by Crippen LogP contribution is -2.42. The molecule has 2 atom stereocenters. The molecule has 5 heteroatoms.